The number of benzene rings is 4. The van der Waals surface area contributed by atoms with Crippen molar-refractivity contribution in [3.05, 3.63) is 142 Å². The quantitative estimate of drug-likeness (QED) is 0.0896. The first-order valence-corrected chi connectivity index (χ1v) is 19.3. The third kappa shape index (κ3) is 6.96. The molecule has 0 amide bonds. The number of aromatic nitrogens is 4. The van der Waals surface area contributed by atoms with Gasteiger partial charge in [0.2, 0.25) is 11.6 Å². The van der Waals surface area contributed by atoms with E-state index in [0.29, 0.717) is 0 Å². The molecule has 8 bridgehead atoms. The van der Waals surface area contributed by atoms with E-state index >= 15 is 35.1 Å². The second-order valence-electron chi connectivity index (χ2n) is 14.6. The highest BCUT2D eigenvalue weighted by Crippen LogP contribution is 2.43. The summed E-state index contributed by atoms with van der Waals surface area (Å²) in [7, 11) is 5.46. The molecule has 0 saturated carbocycles. The molecule has 0 radical (unpaired) electrons. The van der Waals surface area contributed by atoms with Crippen molar-refractivity contribution in [3.8, 4) is 67.5 Å². The topological polar surface area (TPSA) is 94.3 Å². The number of H-pyrrole nitrogens is 2. The smallest absolute Gasteiger partial charge is 0.200 e. The fraction of sp³-hybridized carbons (Fsp3) is 0.0833. The number of aromatic amines is 2. The number of hydrogen-bond acceptors (Lipinski definition) is 6. The Hall–Kier alpha value is -8.02. The summed E-state index contributed by atoms with van der Waals surface area (Å²) < 4.78 is 176. The van der Waals surface area contributed by atoms with Gasteiger partial charge in [-0.2, -0.15) is 0 Å². The van der Waals surface area contributed by atoms with Gasteiger partial charge in [-0.3, -0.25) is 0 Å². The zero-order chi connectivity index (χ0) is 46.9. The molecule has 2 N–H and O–H groups in total. The molecule has 3 aromatic heterocycles. The monoisotopic (exact) mass is 914 g/mol. The molecular formula is C48H28F10N4O4. The molecule has 66 heavy (non-hydrogen) atoms. The fourth-order valence-electron chi connectivity index (χ4n) is 7.89. The Kier molecular flexibility index (Phi) is 10.8. The molecule has 8 nitrogen and oxygen atoms in total. The predicted octanol–water partition coefficient (Wildman–Crippen LogP) is 12.7. The summed E-state index contributed by atoms with van der Waals surface area (Å²) in [5.41, 5.74) is -3.94. The van der Waals surface area contributed by atoms with Gasteiger partial charge in [-0.15, -0.1) is 0 Å². The van der Waals surface area contributed by atoms with Crippen LogP contribution in [-0.4, -0.2) is 48.4 Å². The predicted molar refractivity (Wildman–Crippen MR) is 226 cm³/mol. The van der Waals surface area contributed by atoms with Gasteiger partial charge in [0, 0.05) is 56.5 Å². The van der Waals surface area contributed by atoms with E-state index in [-0.39, 0.29) is 90.1 Å². The normalized spacial score (nSPS) is 12.0. The van der Waals surface area contributed by atoms with Gasteiger partial charge in [-0.05, 0) is 84.0 Å². The Morgan fingerprint density at radius 2 is 0.561 bits per heavy atom. The van der Waals surface area contributed by atoms with E-state index in [4.69, 9.17) is 18.9 Å². The number of fused-ring (bicyclic) bond motifs is 8. The van der Waals surface area contributed by atoms with Crippen LogP contribution in [-0.2, 0) is 0 Å². The molecule has 334 valence electrons. The first kappa shape index (κ1) is 43.2. The largest absolute Gasteiger partial charge is 0.497 e. The minimum absolute atomic E-state index is 0.0174. The van der Waals surface area contributed by atoms with E-state index in [1.165, 1.54) is 113 Å². The minimum Gasteiger partial charge on any atom is -0.497 e. The summed E-state index contributed by atoms with van der Waals surface area (Å²) >= 11 is 0. The van der Waals surface area contributed by atoms with Crippen molar-refractivity contribution in [1.29, 1.82) is 0 Å². The van der Waals surface area contributed by atoms with Gasteiger partial charge in [0.05, 0.1) is 62.3 Å². The maximum absolute atomic E-state index is 16.0. The molecule has 0 spiro atoms. The number of halogens is 10. The van der Waals surface area contributed by atoms with Gasteiger partial charge >= 0.3 is 0 Å². The highest BCUT2D eigenvalue weighted by molar-refractivity contribution is 6.00. The lowest BCUT2D eigenvalue weighted by molar-refractivity contribution is 0.381. The molecule has 0 unspecified atom stereocenters. The summed E-state index contributed by atoms with van der Waals surface area (Å²) in [6, 6.07) is 14.5. The highest BCUT2D eigenvalue weighted by atomic mass is 19.2. The van der Waals surface area contributed by atoms with Crippen LogP contribution in [0.5, 0.6) is 23.0 Å². The Morgan fingerprint density at radius 1 is 0.318 bits per heavy atom. The lowest BCUT2D eigenvalue weighted by Gasteiger charge is -2.12. The molecule has 2 aliphatic rings. The maximum atomic E-state index is 16.0. The van der Waals surface area contributed by atoms with Gasteiger partial charge in [0.15, 0.2) is 46.5 Å². The molecule has 0 atom stereocenters. The number of nitrogens with one attached hydrogen (secondary N) is 2. The van der Waals surface area contributed by atoms with E-state index in [9.17, 15) is 8.78 Å². The number of methoxy groups -OCH3 is 4. The molecule has 0 aliphatic carbocycles. The van der Waals surface area contributed by atoms with Crippen molar-refractivity contribution in [1.82, 2.24) is 19.9 Å². The Morgan fingerprint density at radius 3 is 0.833 bits per heavy atom. The summed E-state index contributed by atoms with van der Waals surface area (Å²) in [5.74, 6) is -21.3. The SMILES string of the molecule is COc1cc(OC)cc(-c2c3nc(c(-c4c(F)c(F)c(F)c(F)c4F)c4ccc([nH]4)c(-c4cc(OC)cc(OC)c4)c4nc(c(-c5c(F)c(F)c(F)c(F)c5F)c5ccc2[nH]5)C=C4)C=C3)c1. The Balaban J connectivity index is 1.55. The highest BCUT2D eigenvalue weighted by Gasteiger charge is 2.32. The van der Waals surface area contributed by atoms with Crippen LogP contribution in [0.2, 0.25) is 0 Å². The molecule has 4 aromatic carbocycles. The zero-order valence-electron chi connectivity index (χ0n) is 34.4. The molecular weight excluding hydrogens is 887 g/mol. The standard InChI is InChI=1S/C48H28F10N4O4/c1-63-21-13-19(14-22(17-21)64-2)33-25-5-9-29(59-25)35(37-39(49)43(53)47(57)44(54)40(37)50)31-11-7-27(61-31)34(20-15-23(65-3)18-24(16-20)66-4)28-8-12-32(62-28)36(30-10-6-26(33)60-30)38-41(51)45(55)48(58)46(56)42(38)52/h5-18,59,62H,1-4H3. The van der Waals surface area contributed by atoms with Gasteiger partial charge < -0.3 is 28.9 Å². The third-order valence-corrected chi connectivity index (χ3v) is 11.0. The van der Waals surface area contributed by atoms with Crippen LogP contribution < -0.4 is 18.9 Å². The van der Waals surface area contributed by atoms with Crippen molar-refractivity contribution < 1.29 is 62.9 Å². The Labute approximate surface area is 366 Å². The average Bonchev–Trinajstić information content (AvgIpc) is 4.19. The second-order valence-corrected chi connectivity index (χ2v) is 14.6. The summed E-state index contributed by atoms with van der Waals surface area (Å²) in [5, 5.41) is 0. The van der Waals surface area contributed by atoms with Crippen molar-refractivity contribution in [2.24, 2.45) is 0 Å². The molecule has 9 rings (SSSR count). The van der Waals surface area contributed by atoms with E-state index in [2.05, 4.69) is 19.9 Å². The number of ether oxygens (including phenoxy) is 4. The van der Waals surface area contributed by atoms with Crippen LogP contribution in [0.3, 0.4) is 0 Å². The van der Waals surface area contributed by atoms with E-state index in [1.807, 2.05) is 0 Å². The average molecular weight is 915 g/mol. The van der Waals surface area contributed by atoms with Crippen molar-refractivity contribution in [2.45, 2.75) is 0 Å². The number of hydrogen-bond donors (Lipinski definition) is 2. The van der Waals surface area contributed by atoms with Crippen LogP contribution in [0.15, 0.2) is 60.7 Å². The number of rotatable bonds is 8. The van der Waals surface area contributed by atoms with Crippen LogP contribution in [0.4, 0.5) is 43.9 Å². The lowest BCUT2D eigenvalue weighted by atomic mass is 10.0. The minimum atomic E-state index is -2.39. The van der Waals surface area contributed by atoms with E-state index in [1.54, 1.807) is 0 Å². The zero-order valence-corrected chi connectivity index (χ0v) is 34.4. The summed E-state index contributed by atoms with van der Waals surface area (Å²) in [6.45, 7) is 0. The first-order valence-electron chi connectivity index (χ1n) is 19.3. The Bertz CT molecular complexity index is 3130. The maximum Gasteiger partial charge on any atom is 0.200 e. The first-order chi connectivity index (χ1) is 31.7. The number of nitrogens with zero attached hydrogens (tertiary/aromatic N) is 2. The van der Waals surface area contributed by atoms with Crippen LogP contribution in [0.1, 0.15) is 22.8 Å². The molecule has 7 aromatic rings. The van der Waals surface area contributed by atoms with E-state index < -0.39 is 80.4 Å². The van der Waals surface area contributed by atoms with Gasteiger partial charge in [0.1, 0.15) is 23.0 Å². The van der Waals surface area contributed by atoms with Crippen molar-refractivity contribution in [2.75, 3.05) is 28.4 Å². The molecule has 5 heterocycles. The van der Waals surface area contributed by atoms with Gasteiger partial charge in [0.25, 0.3) is 0 Å². The third-order valence-electron chi connectivity index (χ3n) is 11.0. The molecule has 18 heteroatoms. The van der Waals surface area contributed by atoms with Crippen LogP contribution in [0, 0.1) is 58.2 Å². The van der Waals surface area contributed by atoms with Gasteiger partial charge in [-0.25, -0.2) is 53.9 Å². The molecule has 2 aliphatic heterocycles. The fourth-order valence-corrected chi connectivity index (χ4v) is 7.89. The van der Waals surface area contributed by atoms with Crippen LogP contribution in [0.25, 0.3) is 90.9 Å². The molecule has 0 saturated heterocycles. The van der Waals surface area contributed by atoms with E-state index in [0.717, 1.165) is 0 Å². The van der Waals surface area contributed by atoms with Crippen LogP contribution >= 0.6 is 0 Å². The van der Waals surface area contributed by atoms with Crippen molar-refractivity contribution >= 4 is 46.4 Å². The second kappa shape index (κ2) is 16.5. The van der Waals surface area contributed by atoms with Gasteiger partial charge in [-0.1, -0.05) is 0 Å². The van der Waals surface area contributed by atoms with Crippen molar-refractivity contribution in [3.63, 3.8) is 0 Å². The lowest BCUT2D eigenvalue weighted by Crippen LogP contribution is -2.05. The summed E-state index contributed by atoms with van der Waals surface area (Å²) in [6.07, 6.45) is 5.25. The summed E-state index contributed by atoms with van der Waals surface area (Å²) in [4.78, 5) is 15.4. The molecule has 0 fully saturated rings.